The highest BCUT2D eigenvalue weighted by atomic mass is 16.5. The van der Waals surface area contributed by atoms with Gasteiger partial charge in [0.1, 0.15) is 0 Å². The summed E-state index contributed by atoms with van der Waals surface area (Å²) in [4.78, 5) is 0. The van der Waals surface area contributed by atoms with Crippen LogP contribution in [-0.2, 0) is 4.74 Å². The molecule has 0 fully saturated rings. The van der Waals surface area contributed by atoms with Gasteiger partial charge in [0.05, 0.1) is 6.10 Å². The molecule has 0 aliphatic heterocycles. The van der Waals surface area contributed by atoms with Crippen LogP contribution in [0, 0.1) is 0 Å². The van der Waals surface area contributed by atoms with E-state index >= 15 is 0 Å². The normalized spacial score (nSPS) is 12.9. The largest absolute Gasteiger partial charge is 0.374 e. The van der Waals surface area contributed by atoms with E-state index in [9.17, 15) is 0 Å². The van der Waals surface area contributed by atoms with Crippen molar-refractivity contribution in [1.29, 1.82) is 0 Å². The lowest BCUT2D eigenvalue weighted by Crippen LogP contribution is -2.07. The van der Waals surface area contributed by atoms with Crippen LogP contribution in [0.25, 0.3) is 6.08 Å². The lowest BCUT2D eigenvalue weighted by molar-refractivity contribution is 0.0991. The van der Waals surface area contributed by atoms with Crippen molar-refractivity contribution in [2.24, 2.45) is 0 Å². The van der Waals surface area contributed by atoms with Crippen LogP contribution in [0.3, 0.4) is 0 Å². The summed E-state index contributed by atoms with van der Waals surface area (Å²) in [5.74, 6) is 0. The molecule has 0 saturated heterocycles. The summed E-state index contributed by atoms with van der Waals surface area (Å²) in [6.45, 7) is 6.46. The summed E-state index contributed by atoms with van der Waals surface area (Å²) in [6, 6.07) is 10.2. The quantitative estimate of drug-likeness (QED) is 0.639. The second-order valence-corrected chi connectivity index (χ2v) is 3.29. The van der Waals surface area contributed by atoms with Crippen molar-refractivity contribution in [2.45, 2.75) is 19.4 Å². The molecule has 0 aromatic heterocycles. The minimum absolute atomic E-state index is 0.146. The fraction of sp³-hybridized carbons (Fsp3) is 0.286. The molecule has 1 unspecified atom stereocenters. The van der Waals surface area contributed by atoms with Crippen LogP contribution in [0.4, 0.5) is 0 Å². The molecule has 0 bridgehead atoms. The summed E-state index contributed by atoms with van der Waals surface area (Å²) in [6.07, 6.45) is 7.06. The van der Waals surface area contributed by atoms with Crippen LogP contribution in [-0.4, -0.2) is 12.7 Å². The molecule has 0 heterocycles. The Kier molecular flexibility index (Phi) is 5.49. The second-order valence-electron chi connectivity index (χ2n) is 3.29. The van der Waals surface area contributed by atoms with Gasteiger partial charge in [0, 0.05) is 6.61 Å². The first-order valence-corrected chi connectivity index (χ1v) is 5.32. The van der Waals surface area contributed by atoms with Gasteiger partial charge in [0.2, 0.25) is 0 Å². The molecule has 1 aromatic carbocycles. The third-order valence-corrected chi connectivity index (χ3v) is 2.08. The number of hydrogen-bond donors (Lipinski definition) is 0. The molecular formula is C14H18O. The van der Waals surface area contributed by atoms with Gasteiger partial charge in [0.15, 0.2) is 0 Å². The van der Waals surface area contributed by atoms with Crippen molar-refractivity contribution in [1.82, 2.24) is 0 Å². The lowest BCUT2D eigenvalue weighted by atomic mass is 10.1. The Morgan fingerprint density at radius 1 is 1.33 bits per heavy atom. The Morgan fingerprint density at radius 3 is 2.67 bits per heavy atom. The van der Waals surface area contributed by atoms with Crippen LogP contribution in [0.1, 0.15) is 18.9 Å². The van der Waals surface area contributed by atoms with Gasteiger partial charge in [-0.15, -0.1) is 6.58 Å². The zero-order valence-electron chi connectivity index (χ0n) is 9.23. The Labute approximate surface area is 92.1 Å². The molecule has 0 spiro atoms. The average Bonchev–Trinajstić information content (AvgIpc) is 2.28. The van der Waals surface area contributed by atoms with Crippen molar-refractivity contribution < 1.29 is 4.74 Å². The van der Waals surface area contributed by atoms with Crippen LogP contribution >= 0.6 is 0 Å². The molecule has 1 nitrogen and oxygen atoms in total. The summed E-state index contributed by atoms with van der Waals surface area (Å²) >= 11 is 0. The first-order chi connectivity index (χ1) is 7.36. The highest BCUT2D eigenvalue weighted by Gasteiger charge is 1.99. The summed E-state index contributed by atoms with van der Waals surface area (Å²) in [5.41, 5.74) is 1.20. The first kappa shape index (κ1) is 11.7. The Balaban J connectivity index is 2.56. The fourth-order valence-corrected chi connectivity index (χ4v) is 1.36. The van der Waals surface area contributed by atoms with Gasteiger partial charge in [-0.1, -0.05) is 48.6 Å². The monoisotopic (exact) mass is 202 g/mol. The topological polar surface area (TPSA) is 9.23 Å². The third kappa shape index (κ3) is 4.61. The Morgan fingerprint density at radius 2 is 2.07 bits per heavy atom. The maximum atomic E-state index is 5.55. The maximum Gasteiger partial charge on any atom is 0.0793 e. The van der Waals surface area contributed by atoms with Gasteiger partial charge in [-0.3, -0.25) is 0 Å². The van der Waals surface area contributed by atoms with Gasteiger partial charge in [-0.25, -0.2) is 0 Å². The fourth-order valence-electron chi connectivity index (χ4n) is 1.36. The molecule has 1 atom stereocenters. The molecular weight excluding hydrogens is 184 g/mol. The minimum atomic E-state index is 0.146. The lowest BCUT2D eigenvalue weighted by Gasteiger charge is -2.09. The first-order valence-electron chi connectivity index (χ1n) is 5.32. The van der Waals surface area contributed by atoms with E-state index < -0.39 is 0 Å². The third-order valence-electron chi connectivity index (χ3n) is 2.08. The van der Waals surface area contributed by atoms with Gasteiger partial charge < -0.3 is 4.74 Å². The standard InChI is InChI=1S/C14H18O/c1-3-8-14(15-4-2)12-11-13-9-6-5-7-10-13/h3,5-7,9-12,14H,1,4,8H2,2H3/b12-11+. The zero-order chi connectivity index (χ0) is 10.9. The summed E-state index contributed by atoms with van der Waals surface area (Å²) < 4.78 is 5.55. The van der Waals surface area contributed by atoms with Crippen LogP contribution in [0.15, 0.2) is 49.1 Å². The van der Waals surface area contributed by atoms with Crippen molar-refractivity contribution in [3.8, 4) is 0 Å². The maximum absolute atomic E-state index is 5.55. The predicted molar refractivity (Wildman–Crippen MR) is 65.7 cm³/mol. The Hall–Kier alpha value is -1.34. The number of benzene rings is 1. The zero-order valence-corrected chi connectivity index (χ0v) is 9.23. The molecule has 0 N–H and O–H groups in total. The van der Waals surface area contributed by atoms with Crippen molar-refractivity contribution in [2.75, 3.05) is 6.61 Å². The molecule has 1 rings (SSSR count). The van der Waals surface area contributed by atoms with Crippen molar-refractivity contribution in [3.05, 3.63) is 54.6 Å². The van der Waals surface area contributed by atoms with Crippen LogP contribution in [0.2, 0.25) is 0 Å². The van der Waals surface area contributed by atoms with E-state index in [4.69, 9.17) is 4.74 Å². The molecule has 15 heavy (non-hydrogen) atoms. The van der Waals surface area contributed by atoms with Gasteiger partial charge in [-0.2, -0.15) is 0 Å². The molecule has 1 heteroatoms. The van der Waals surface area contributed by atoms with Crippen LogP contribution in [0.5, 0.6) is 0 Å². The molecule has 80 valence electrons. The minimum Gasteiger partial charge on any atom is -0.374 e. The van der Waals surface area contributed by atoms with E-state index in [-0.39, 0.29) is 6.10 Å². The van der Waals surface area contributed by atoms with E-state index in [2.05, 4.69) is 30.9 Å². The molecule has 0 radical (unpaired) electrons. The van der Waals surface area contributed by atoms with Crippen LogP contribution < -0.4 is 0 Å². The van der Waals surface area contributed by atoms with Gasteiger partial charge in [0.25, 0.3) is 0 Å². The highest BCUT2D eigenvalue weighted by molar-refractivity contribution is 5.49. The van der Waals surface area contributed by atoms with Gasteiger partial charge in [-0.05, 0) is 18.9 Å². The van der Waals surface area contributed by atoms with E-state index in [1.807, 2.05) is 31.2 Å². The molecule has 1 aromatic rings. The smallest absolute Gasteiger partial charge is 0.0793 e. The summed E-state index contributed by atoms with van der Waals surface area (Å²) in [5, 5.41) is 0. The number of ether oxygens (including phenoxy) is 1. The average molecular weight is 202 g/mol. The number of hydrogen-bond acceptors (Lipinski definition) is 1. The molecule has 0 aliphatic carbocycles. The van der Waals surface area contributed by atoms with Crippen molar-refractivity contribution in [3.63, 3.8) is 0 Å². The van der Waals surface area contributed by atoms with E-state index in [1.54, 1.807) is 0 Å². The van der Waals surface area contributed by atoms with Gasteiger partial charge >= 0.3 is 0 Å². The second kappa shape index (κ2) is 7.02. The molecule has 0 aliphatic rings. The predicted octanol–water partition coefficient (Wildman–Crippen LogP) is 3.68. The van der Waals surface area contributed by atoms with Crippen molar-refractivity contribution >= 4 is 6.08 Å². The van der Waals surface area contributed by atoms with E-state index in [0.717, 1.165) is 13.0 Å². The summed E-state index contributed by atoms with van der Waals surface area (Å²) in [7, 11) is 0. The van der Waals surface area contributed by atoms with E-state index in [1.165, 1.54) is 5.56 Å². The Bertz CT molecular complexity index is 300. The molecule has 0 amide bonds. The van der Waals surface area contributed by atoms with E-state index in [0.29, 0.717) is 0 Å². The SMILES string of the molecule is C=CCC(/C=C/c1ccccc1)OCC. The molecule has 0 saturated carbocycles. The highest BCUT2D eigenvalue weighted by Crippen LogP contribution is 2.06. The number of rotatable bonds is 6.